The molecule has 0 radical (unpaired) electrons. The average Bonchev–Trinajstić information content (AvgIpc) is 2.51. The molecule has 0 aliphatic rings. The maximum absolute atomic E-state index is 12.4. The molecule has 0 aromatic heterocycles. The van der Waals surface area contributed by atoms with Gasteiger partial charge in [0.25, 0.3) is 5.91 Å². The van der Waals surface area contributed by atoms with E-state index in [1.807, 2.05) is 0 Å². The number of amides is 1. The first-order chi connectivity index (χ1) is 10.5. The molecule has 1 aromatic carbocycles. The van der Waals surface area contributed by atoms with E-state index in [2.05, 4.69) is 10.6 Å². The van der Waals surface area contributed by atoms with Crippen molar-refractivity contribution in [2.45, 2.75) is 24.3 Å². The first-order valence-electron chi connectivity index (χ1n) is 6.59. The molecule has 0 atom stereocenters. The molecule has 23 heavy (non-hydrogen) atoms. The molecule has 0 unspecified atom stereocenters. The van der Waals surface area contributed by atoms with E-state index in [9.17, 15) is 18.0 Å². The Hall–Kier alpha value is -2.37. The average molecular weight is 338 g/mol. The Labute approximate surface area is 135 Å². The van der Waals surface area contributed by atoms with Crippen molar-refractivity contribution in [3.63, 3.8) is 0 Å². The van der Waals surface area contributed by atoms with Crippen molar-refractivity contribution in [1.29, 1.82) is 0 Å². The minimum absolute atomic E-state index is 0.0606. The van der Waals surface area contributed by atoms with Crippen molar-refractivity contribution in [2.24, 2.45) is 0 Å². The third-order valence-corrected chi connectivity index (χ3v) is 4.82. The largest absolute Gasteiger partial charge is 0.480 e. The Morgan fingerprint density at radius 3 is 2.52 bits per heavy atom. The molecule has 0 saturated carbocycles. The predicted octanol–water partition coefficient (Wildman–Crippen LogP) is 0.533. The molecule has 7 nitrogen and oxygen atoms in total. The van der Waals surface area contributed by atoms with E-state index in [0.717, 1.165) is 4.90 Å². The maximum atomic E-state index is 12.4. The Bertz CT molecular complexity index is 762. The van der Waals surface area contributed by atoms with E-state index >= 15 is 0 Å². The number of rotatable bonds is 6. The van der Waals surface area contributed by atoms with Crippen molar-refractivity contribution >= 4 is 21.9 Å². The normalized spacial score (nSPS) is 11.6. The fraction of sp³-hybridized carbons (Fsp3) is 0.333. The number of nitrogens with one attached hydrogen (secondary N) is 1. The third-order valence-electron chi connectivity index (χ3n) is 3.42. The summed E-state index contributed by atoms with van der Waals surface area (Å²) in [6.07, 6.45) is 5.01. The Morgan fingerprint density at radius 2 is 2.00 bits per heavy atom. The van der Waals surface area contributed by atoms with Crippen molar-refractivity contribution in [3.05, 3.63) is 29.8 Å². The van der Waals surface area contributed by atoms with Gasteiger partial charge in [0.05, 0.1) is 11.4 Å². The van der Waals surface area contributed by atoms with Gasteiger partial charge in [-0.25, -0.2) is 13.2 Å². The molecule has 8 heteroatoms. The molecule has 0 aliphatic carbocycles. The maximum Gasteiger partial charge on any atom is 0.329 e. The topological polar surface area (TPSA) is 104 Å². The summed E-state index contributed by atoms with van der Waals surface area (Å²) in [5.74, 6) is 0.372. The first-order valence-corrected chi connectivity index (χ1v) is 8.07. The quantitative estimate of drug-likeness (QED) is 0.737. The lowest BCUT2D eigenvalue weighted by atomic mass is 10.0. The van der Waals surface area contributed by atoms with E-state index in [4.69, 9.17) is 11.5 Å². The number of carbonyl (C=O) groups is 2. The Balaban J connectivity index is 3.17. The van der Waals surface area contributed by atoms with E-state index in [1.165, 1.54) is 45.2 Å². The number of terminal acetylenes is 1. The van der Waals surface area contributed by atoms with Crippen LogP contribution in [0.1, 0.15) is 24.2 Å². The van der Waals surface area contributed by atoms with Crippen LogP contribution in [0.25, 0.3) is 0 Å². The number of nitrogens with zero attached hydrogens (tertiary/aromatic N) is 1. The summed E-state index contributed by atoms with van der Waals surface area (Å²) in [7, 11) is -2.49. The minimum Gasteiger partial charge on any atom is -0.480 e. The fourth-order valence-electron chi connectivity index (χ4n) is 1.61. The molecule has 2 N–H and O–H groups in total. The van der Waals surface area contributed by atoms with Crippen LogP contribution in [0, 0.1) is 12.3 Å². The van der Waals surface area contributed by atoms with Gasteiger partial charge in [0.15, 0.2) is 0 Å². The standard InChI is InChI=1S/C15H18N2O5S/c1-5-9-16-23(21,22)12-8-6-7-11(10-12)13(18)17(4)15(2,3)14(19)20/h1,6-8,10,16H,9H2,2-4H3,(H,19,20). The van der Waals surface area contributed by atoms with Gasteiger partial charge in [-0.05, 0) is 32.0 Å². The number of benzene rings is 1. The van der Waals surface area contributed by atoms with Crippen molar-refractivity contribution in [2.75, 3.05) is 13.6 Å². The lowest BCUT2D eigenvalue weighted by molar-refractivity contribution is -0.147. The molecule has 1 rings (SSSR count). The predicted molar refractivity (Wildman–Crippen MR) is 84.3 cm³/mol. The minimum atomic E-state index is -3.84. The summed E-state index contributed by atoms with van der Waals surface area (Å²) < 4.78 is 26.2. The van der Waals surface area contributed by atoms with Crippen LogP contribution in [0.3, 0.4) is 0 Å². The Kier molecular flexibility index (Phi) is 5.53. The summed E-state index contributed by atoms with van der Waals surface area (Å²) in [4.78, 5) is 24.5. The lowest BCUT2D eigenvalue weighted by Crippen LogP contribution is -2.50. The third kappa shape index (κ3) is 4.09. The van der Waals surface area contributed by atoms with Crippen LogP contribution in [0.15, 0.2) is 29.2 Å². The number of hydrogen-bond donors (Lipinski definition) is 2. The number of hydrogen-bond acceptors (Lipinski definition) is 4. The summed E-state index contributed by atoms with van der Waals surface area (Å²) in [6, 6.07) is 5.31. The van der Waals surface area contributed by atoms with Gasteiger partial charge in [0.2, 0.25) is 10.0 Å². The second kappa shape index (κ2) is 6.81. The zero-order valence-corrected chi connectivity index (χ0v) is 13.8. The van der Waals surface area contributed by atoms with Gasteiger partial charge in [-0.1, -0.05) is 12.0 Å². The SMILES string of the molecule is C#CCNS(=O)(=O)c1cccc(C(=O)N(C)C(C)(C)C(=O)O)c1. The van der Waals surface area contributed by atoms with Crippen LogP contribution >= 0.6 is 0 Å². The number of carboxylic acids is 1. The van der Waals surface area contributed by atoms with Gasteiger partial charge in [-0.2, -0.15) is 4.72 Å². The number of carbonyl (C=O) groups excluding carboxylic acids is 1. The second-order valence-electron chi connectivity index (χ2n) is 5.28. The summed E-state index contributed by atoms with van der Waals surface area (Å²) in [5.41, 5.74) is -1.38. The molecule has 0 spiro atoms. The molecular formula is C15H18N2O5S. The van der Waals surface area contributed by atoms with Crippen LogP contribution in [0.4, 0.5) is 0 Å². The first kappa shape index (κ1) is 18.7. The van der Waals surface area contributed by atoms with Gasteiger partial charge in [0, 0.05) is 12.6 Å². The lowest BCUT2D eigenvalue weighted by Gasteiger charge is -2.31. The van der Waals surface area contributed by atoms with Crippen LogP contribution in [-0.4, -0.2) is 49.4 Å². The zero-order chi connectivity index (χ0) is 17.8. The second-order valence-corrected chi connectivity index (χ2v) is 7.05. The molecule has 1 aromatic rings. The van der Waals surface area contributed by atoms with Crippen LogP contribution in [0.2, 0.25) is 0 Å². The number of sulfonamides is 1. The Morgan fingerprint density at radius 1 is 1.39 bits per heavy atom. The van der Waals surface area contributed by atoms with Crippen LogP contribution in [-0.2, 0) is 14.8 Å². The van der Waals surface area contributed by atoms with E-state index in [1.54, 1.807) is 0 Å². The zero-order valence-electron chi connectivity index (χ0n) is 13.0. The highest BCUT2D eigenvalue weighted by atomic mass is 32.2. The molecule has 0 heterocycles. The molecule has 0 aliphatic heterocycles. The van der Waals surface area contributed by atoms with Crippen molar-refractivity contribution < 1.29 is 23.1 Å². The number of aliphatic carboxylic acids is 1. The van der Waals surface area contributed by atoms with Crippen LogP contribution in [0.5, 0.6) is 0 Å². The smallest absolute Gasteiger partial charge is 0.329 e. The fourth-order valence-corrected chi connectivity index (χ4v) is 2.59. The van der Waals surface area contributed by atoms with Gasteiger partial charge in [0.1, 0.15) is 5.54 Å². The molecule has 0 fully saturated rings. The van der Waals surface area contributed by atoms with Gasteiger partial charge in [-0.15, -0.1) is 6.42 Å². The monoisotopic (exact) mass is 338 g/mol. The van der Waals surface area contributed by atoms with Crippen molar-refractivity contribution in [1.82, 2.24) is 9.62 Å². The van der Waals surface area contributed by atoms with Gasteiger partial charge in [-0.3, -0.25) is 4.79 Å². The van der Waals surface area contributed by atoms with Gasteiger partial charge < -0.3 is 10.0 Å². The highest BCUT2D eigenvalue weighted by Gasteiger charge is 2.35. The summed E-state index contributed by atoms with van der Waals surface area (Å²) in [6.45, 7) is 2.58. The van der Waals surface area contributed by atoms with E-state index in [-0.39, 0.29) is 17.0 Å². The van der Waals surface area contributed by atoms with Crippen LogP contribution < -0.4 is 4.72 Å². The van der Waals surface area contributed by atoms with Gasteiger partial charge >= 0.3 is 5.97 Å². The number of carboxylic acid groups (broad SMARTS) is 1. The molecular weight excluding hydrogens is 320 g/mol. The van der Waals surface area contributed by atoms with E-state index in [0.29, 0.717) is 0 Å². The summed E-state index contributed by atoms with van der Waals surface area (Å²) in [5, 5.41) is 9.17. The van der Waals surface area contributed by atoms with E-state index < -0.39 is 27.4 Å². The molecule has 0 bridgehead atoms. The summed E-state index contributed by atoms with van der Waals surface area (Å²) >= 11 is 0. The highest BCUT2D eigenvalue weighted by Crippen LogP contribution is 2.18. The molecule has 1 amide bonds. The number of likely N-dealkylation sites (N-methyl/N-ethyl adjacent to an activating group) is 1. The highest BCUT2D eigenvalue weighted by molar-refractivity contribution is 7.89. The molecule has 0 saturated heterocycles. The van der Waals surface area contributed by atoms with Crippen molar-refractivity contribution in [3.8, 4) is 12.3 Å². The molecule has 124 valence electrons.